The number of rotatable bonds is 1. The molecule has 6 heteroatoms. The van der Waals surface area contributed by atoms with Gasteiger partial charge in [-0.1, -0.05) is 27.7 Å². The van der Waals surface area contributed by atoms with E-state index in [1.54, 1.807) is 6.34 Å². The van der Waals surface area contributed by atoms with Crippen molar-refractivity contribution < 1.29 is 4.74 Å². The van der Waals surface area contributed by atoms with Gasteiger partial charge in [0.25, 0.3) is 0 Å². The van der Waals surface area contributed by atoms with E-state index in [1.807, 2.05) is 18.3 Å². The van der Waals surface area contributed by atoms with E-state index in [9.17, 15) is 0 Å². The SMILES string of the molecule is CN1C=Nc2c(ncn2C2(C)OC(C)(C)C(C)(C)C2(C)C)C1N. The van der Waals surface area contributed by atoms with Gasteiger partial charge in [0.05, 0.1) is 18.3 Å². The highest BCUT2D eigenvalue weighted by Gasteiger charge is 2.67. The maximum Gasteiger partial charge on any atom is 0.163 e. The molecule has 0 aromatic carbocycles. The number of ether oxygens (including phenoxy) is 1. The van der Waals surface area contributed by atoms with Crippen LogP contribution in [-0.4, -0.2) is 33.4 Å². The first kappa shape index (κ1) is 16.5. The standard InChI is InChI=1S/C17H29N5O/c1-14(2)15(3,4)17(7,23-16(14,5)6)22-10-19-11-12(18)21(8)9-20-13(11)22/h9-10,12H,18H2,1-8H3. The lowest BCUT2D eigenvalue weighted by molar-refractivity contribution is -0.154. The fourth-order valence-corrected chi connectivity index (χ4v) is 3.85. The summed E-state index contributed by atoms with van der Waals surface area (Å²) in [6.45, 7) is 15.5. The largest absolute Gasteiger partial charge is 0.348 e. The summed E-state index contributed by atoms with van der Waals surface area (Å²) in [7, 11) is 1.90. The Morgan fingerprint density at radius 2 is 1.70 bits per heavy atom. The molecule has 0 aliphatic carbocycles. The number of aromatic nitrogens is 2. The van der Waals surface area contributed by atoms with E-state index in [0.29, 0.717) is 0 Å². The summed E-state index contributed by atoms with van der Waals surface area (Å²) in [5.41, 5.74) is 6.01. The van der Waals surface area contributed by atoms with Crippen LogP contribution in [0.3, 0.4) is 0 Å². The minimum absolute atomic E-state index is 0.0385. The van der Waals surface area contributed by atoms with E-state index >= 15 is 0 Å². The van der Waals surface area contributed by atoms with Gasteiger partial charge in [0.1, 0.15) is 11.9 Å². The van der Waals surface area contributed by atoms with Crippen LogP contribution in [-0.2, 0) is 10.5 Å². The van der Waals surface area contributed by atoms with Crippen molar-refractivity contribution in [2.45, 2.75) is 66.0 Å². The second kappa shape index (κ2) is 4.36. The highest BCUT2D eigenvalue weighted by Crippen LogP contribution is 2.65. The maximum absolute atomic E-state index is 6.63. The van der Waals surface area contributed by atoms with Crippen molar-refractivity contribution in [2.24, 2.45) is 21.6 Å². The van der Waals surface area contributed by atoms with Crippen molar-refractivity contribution >= 4 is 12.2 Å². The zero-order chi connectivity index (χ0) is 17.4. The van der Waals surface area contributed by atoms with Crippen molar-refractivity contribution in [3.05, 3.63) is 12.0 Å². The van der Waals surface area contributed by atoms with E-state index in [4.69, 9.17) is 10.5 Å². The normalized spacial score (nSPS) is 33.8. The third-order valence-corrected chi connectivity index (χ3v) is 6.99. The molecule has 0 bridgehead atoms. The fraction of sp³-hybridized carbons (Fsp3) is 0.765. The van der Waals surface area contributed by atoms with E-state index in [-0.39, 0.29) is 22.6 Å². The predicted molar refractivity (Wildman–Crippen MR) is 91.4 cm³/mol. The van der Waals surface area contributed by atoms with Crippen LogP contribution in [0, 0.1) is 10.8 Å². The second-order valence-electron chi connectivity index (χ2n) is 8.52. The molecule has 128 valence electrons. The number of hydrogen-bond donors (Lipinski definition) is 1. The Kier molecular flexibility index (Phi) is 3.12. The van der Waals surface area contributed by atoms with Crippen LogP contribution < -0.4 is 5.73 Å². The lowest BCUT2D eigenvalue weighted by atomic mass is 9.59. The number of nitrogens with two attached hydrogens (primary N) is 1. The highest BCUT2D eigenvalue weighted by molar-refractivity contribution is 5.65. The monoisotopic (exact) mass is 319 g/mol. The number of aliphatic imine (C=N–C) groups is 1. The van der Waals surface area contributed by atoms with Crippen LogP contribution >= 0.6 is 0 Å². The number of nitrogens with zero attached hydrogens (tertiary/aromatic N) is 4. The van der Waals surface area contributed by atoms with E-state index in [2.05, 4.69) is 63.0 Å². The topological polar surface area (TPSA) is 68.7 Å². The van der Waals surface area contributed by atoms with Crippen molar-refractivity contribution in [3.8, 4) is 0 Å². The highest BCUT2D eigenvalue weighted by atomic mass is 16.5. The number of fused-ring (bicyclic) bond motifs is 1. The minimum atomic E-state index is -0.562. The van der Waals surface area contributed by atoms with Gasteiger partial charge in [-0.15, -0.1) is 0 Å². The molecular weight excluding hydrogens is 290 g/mol. The molecule has 23 heavy (non-hydrogen) atoms. The van der Waals surface area contributed by atoms with Gasteiger partial charge in [-0.2, -0.15) is 0 Å². The Hall–Kier alpha value is -1.40. The summed E-state index contributed by atoms with van der Waals surface area (Å²) in [5, 5.41) is 0. The summed E-state index contributed by atoms with van der Waals surface area (Å²) in [5.74, 6) is 0.791. The first-order chi connectivity index (χ1) is 10.4. The average molecular weight is 319 g/mol. The van der Waals surface area contributed by atoms with Crippen LogP contribution in [0.5, 0.6) is 0 Å². The van der Waals surface area contributed by atoms with Crippen molar-refractivity contribution in [1.82, 2.24) is 14.5 Å². The third-order valence-electron chi connectivity index (χ3n) is 6.99. The van der Waals surface area contributed by atoms with Gasteiger partial charge in [0.15, 0.2) is 11.5 Å². The summed E-state index contributed by atoms with van der Waals surface area (Å²) in [6, 6.07) is 0. The molecule has 2 aliphatic rings. The average Bonchev–Trinajstić information content (AvgIpc) is 2.89. The van der Waals surface area contributed by atoms with Crippen LogP contribution in [0.4, 0.5) is 5.82 Å². The Labute approximate surface area is 138 Å². The molecule has 1 saturated heterocycles. The fourth-order valence-electron chi connectivity index (χ4n) is 3.85. The van der Waals surface area contributed by atoms with Gasteiger partial charge in [0, 0.05) is 17.9 Å². The molecule has 1 fully saturated rings. The van der Waals surface area contributed by atoms with Crippen LogP contribution in [0.15, 0.2) is 11.3 Å². The molecule has 2 N–H and O–H groups in total. The third kappa shape index (κ3) is 1.76. The van der Waals surface area contributed by atoms with Gasteiger partial charge >= 0.3 is 0 Å². The molecule has 2 unspecified atom stereocenters. The minimum Gasteiger partial charge on any atom is -0.348 e. The van der Waals surface area contributed by atoms with E-state index < -0.39 is 5.72 Å². The summed E-state index contributed by atoms with van der Waals surface area (Å²) in [6.07, 6.45) is 3.30. The lowest BCUT2D eigenvalue weighted by Gasteiger charge is -2.45. The van der Waals surface area contributed by atoms with Crippen LogP contribution in [0.2, 0.25) is 0 Å². The molecule has 6 nitrogen and oxygen atoms in total. The second-order valence-corrected chi connectivity index (χ2v) is 8.52. The predicted octanol–water partition coefficient (Wildman–Crippen LogP) is 2.98. The number of imidazole rings is 1. The van der Waals surface area contributed by atoms with Crippen LogP contribution in [0.1, 0.15) is 60.3 Å². The van der Waals surface area contributed by atoms with E-state index in [0.717, 1.165) is 11.5 Å². The van der Waals surface area contributed by atoms with E-state index in [1.165, 1.54) is 0 Å². The molecule has 0 amide bonds. The molecule has 3 heterocycles. The molecule has 0 saturated carbocycles. The van der Waals surface area contributed by atoms with Gasteiger partial charge in [-0.05, 0) is 20.8 Å². The van der Waals surface area contributed by atoms with Gasteiger partial charge in [0.2, 0.25) is 0 Å². The Morgan fingerprint density at radius 3 is 2.22 bits per heavy atom. The Morgan fingerprint density at radius 1 is 1.09 bits per heavy atom. The lowest BCUT2D eigenvalue weighted by Crippen LogP contribution is -2.47. The first-order valence-electron chi connectivity index (χ1n) is 8.16. The first-order valence-corrected chi connectivity index (χ1v) is 8.16. The van der Waals surface area contributed by atoms with Crippen molar-refractivity contribution in [2.75, 3.05) is 7.05 Å². The molecule has 2 atom stereocenters. The van der Waals surface area contributed by atoms with Gasteiger partial charge in [-0.25, -0.2) is 9.98 Å². The molecule has 1 aromatic rings. The molecule has 0 radical (unpaired) electrons. The quantitative estimate of drug-likeness (QED) is 0.864. The smallest absolute Gasteiger partial charge is 0.163 e. The zero-order valence-corrected chi connectivity index (χ0v) is 15.5. The molecular formula is C17H29N5O. The van der Waals surface area contributed by atoms with Crippen LogP contribution in [0.25, 0.3) is 0 Å². The van der Waals surface area contributed by atoms with Gasteiger partial charge < -0.3 is 15.4 Å². The summed E-state index contributed by atoms with van der Waals surface area (Å²) >= 11 is 0. The van der Waals surface area contributed by atoms with Gasteiger partial charge in [-0.3, -0.25) is 4.57 Å². The Bertz CT molecular complexity index is 673. The molecule has 3 rings (SSSR count). The molecule has 2 aliphatic heterocycles. The molecule has 1 aromatic heterocycles. The van der Waals surface area contributed by atoms with Crippen molar-refractivity contribution in [3.63, 3.8) is 0 Å². The van der Waals surface area contributed by atoms with Crippen molar-refractivity contribution in [1.29, 1.82) is 0 Å². The number of hydrogen-bond acceptors (Lipinski definition) is 5. The zero-order valence-electron chi connectivity index (χ0n) is 15.5. The summed E-state index contributed by atoms with van der Waals surface area (Å²) in [4.78, 5) is 11.0. The summed E-state index contributed by atoms with van der Waals surface area (Å²) < 4.78 is 8.69. The Balaban J connectivity index is 2.18. The molecule has 0 spiro atoms. The maximum atomic E-state index is 6.63.